The van der Waals surface area contributed by atoms with Crippen LogP contribution >= 0.6 is 23.2 Å². The van der Waals surface area contributed by atoms with E-state index in [1.165, 1.54) is 0 Å². The molecule has 0 aliphatic rings. The highest BCUT2D eigenvalue weighted by Gasteiger charge is 2.09. The second-order valence-electron chi connectivity index (χ2n) is 4.31. The summed E-state index contributed by atoms with van der Waals surface area (Å²) in [5.74, 6) is 1.41. The number of aromatic nitrogens is 2. The Bertz CT molecular complexity index is 770. The van der Waals surface area contributed by atoms with Crippen LogP contribution in [-0.2, 0) is 0 Å². The van der Waals surface area contributed by atoms with Crippen molar-refractivity contribution in [3.63, 3.8) is 0 Å². The molecule has 0 atom stereocenters. The fourth-order valence-corrected chi connectivity index (χ4v) is 2.31. The minimum Gasteiger partial charge on any atom is -0.373 e. The van der Waals surface area contributed by atoms with E-state index in [4.69, 9.17) is 23.2 Å². The summed E-state index contributed by atoms with van der Waals surface area (Å²) >= 11 is 11.9. The standard InChI is InChI=1S/C15H11Cl2N3/c1-18-15-12-7-6-11(17)8-13(12)19-14(20-15)9-2-4-10(16)5-3-9/h2-8H,1H3,(H,18,19,20). The molecule has 0 aliphatic heterocycles. The monoisotopic (exact) mass is 303 g/mol. The molecule has 0 saturated heterocycles. The maximum atomic E-state index is 6.04. The summed E-state index contributed by atoms with van der Waals surface area (Å²) in [5, 5.41) is 5.37. The van der Waals surface area contributed by atoms with E-state index in [2.05, 4.69) is 15.3 Å². The summed E-state index contributed by atoms with van der Waals surface area (Å²) in [7, 11) is 1.84. The van der Waals surface area contributed by atoms with E-state index in [1.807, 2.05) is 49.5 Å². The van der Waals surface area contributed by atoms with Gasteiger partial charge in [0.15, 0.2) is 5.82 Å². The van der Waals surface area contributed by atoms with Crippen molar-refractivity contribution >= 4 is 39.9 Å². The topological polar surface area (TPSA) is 37.8 Å². The van der Waals surface area contributed by atoms with Gasteiger partial charge < -0.3 is 5.32 Å². The number of halogens is 2. The van der Waals surface area contributed by atoms with Crippen LogP contribution in [0, 0.1) is 0 Å². The van der Waals surface area contributed by atoms with E-state index in [0.717, 1.165) is 22.3 Å². The van der Waals surface area contributed by atoms with Crippen molar-refractivity contribution in [2.45, 2.75) is 0 Å². The van der Waals surface area contributed by atoms with E-state index >= 15 is 0 Å². The van der Waals surface area contributed by atoms with Crippen LogP contribution < -0.4 is 5.32 Å². The smallest absolute Gasteiger partial charge is 0.162 e. The van der Waals surface area contributed by atoms with Gasteiger partial charge >= 0.3 is 0 Å². The number of hydrogen-bond donors (Lipinski definition) is 1. The molecule has 20 heavy (non-hydrogen) atoms. The first kappa shape index (κ1) is 13.2. The first-order valence-electron chi connectivity index (χ1n) is 6.08. The fourth-order valence-electron chi connectivity index (χ4n) is 2.02. The zero-order valence-corrected chi connectivity index (χ0v) is 12.2. The first-order chi connectivity index (χ1) is 9.67. The largest absolute Gasteiger partial charge is 0.373 e. The minimum atomic E-state index is 0.640. The second-order valence-corrected chi connectivity index (χ2v) is 5.19. The van der Waals surface area contributed by atoms with Gasteiger partial charge in [0.25, 0.3) is 0 Å². The van der Waals surface area contributed by atoms with Crippen LogP contribution in [0.1, 0.15) is 0 Å². The van der Waals surface area contributed by atoms with Crippen molar-refractivity contribution in [1.29, 1.82) is 0 Å². The first-order valence-corrected chi connectivity index (χ1v) is 6.84. The molecule has 0 saturated carbocycles. The Morgan fingerprint density at radius 2 is 1.60 bits per heavy atom. The van der Waals surface area contributed by atoms with Crippen molar-refractivity contribution < 1.29 is 0 Å². The Morgan fingerprint density at radius 3 is 2.30 bits per heavy atom. The number of nitrogens with one attached hydrogen (secondary N) is 1. The van der Waals surface area contributed by atoms with Crippen LogP contribution in [0.25, 0.3) is 22.3 Å². The molecule has 2 aromatic carbocycles. The van der Waals surface area contributed by atoms with Crippen LogP contribution in [0.2, 0.25) is 10.0 Å². The predicted molar refractivity (Wildman–Crippen MR) is 84.5 cm³/mol. The van der Waals surface area contributed by atoms with Gasteiger partial charge in [0.2, 0.25) is 0 Å². The number of anilines is 1. The van der Waals surface area contributed by atoms with Gasteiger partial charge in [0.1, 0.15) is 5.82 Å². The van der Waals surface area contributed by atoms with Crippen molar-refractivity contribution in [2.24, 2.45) is 0 Å². The molecule has 0 radical (unpaired) electrons. The summed E-state index contributed by atoms with van der Waals surface area (Å²) in [6.45, 7) is 0. The Kier molecular flexibility index (Phi) is 3.47. The van der Waals surface area contributed by atoms with Crippen molar-refractivity contribution in [3.05, 3.63) is 52.5 Å². The number of nitrogens with zero attached hydrogens (tertiary/aromatic N) is 2. The highest BCUT2D eigenvalue weighted by molar-refractivity contribution is 6.31. The Labute approximate surface area is 126 Å². The number of hydrogen-bond acceptors (Lipinski definition) is 3. The molecule has 0 spiro atoms. The quantitative estimate of drug-likeness (QED) is 0.749. The van der Waals surface area contributed by atoms with E-state index in [9.17, 15) is 0 Å². The summed E-state index contributed by atoms with van der Waals surface area (Å²) in [6, 6.07) is 13.0. The fraction of sp³-hybridized carbons (Fsp3) is 0.0667. The molecular formula is C15H11Cl2N3. The minimum absolute atomic E-state index is 0.640. The van der Waals surface area contributed by atoms with Crippen LogP contribution in [0.4, 0.5) is 5.82 Å². The molecule has 5 heteroatoms. The normalized spacial score (nSPS) is 10.8. The van der Waals surface area contributed by atoms with Crippen molar-refractivity contribution in [1.82, 2.24) is 9.97 Å². The molecular weight excluding hydrogens is 293 g/mol. The van der Waals surface area contributed by atoms with Gasteiger partial charge in [-0.15, -0.1) is 0 Å². The third-order valence-electron chi connectivity index (χ3n) is 3.00. The van der Waals surface area contributed by atoms with Crippen molar-refractivity contribution in [2.75, 3.05) is 12.4 Å². The average molecular weight is 304 g/mol. The second kappa shape index (κ2) is 5.27. The Hall–Kier alpha value is -1.84. The molecule has 100 valence electrons. The van der Waals surface area contributed by atoms with Crippen LogP contribution in [-0.4, -0.2) is 17.0 Å². The van der Waals surface area contributed by atoms with Crippen LogP contribution in [0.3, 0.4) is 0 Å². The molecule has 0 amide bonds. The number of fused-ring (bicyclic) bond motifs is 1. The van der Waals surface area contributed by atoms with Gasteiger partial charge in [-0.25, -0.2) is 9.97 Å². The van der Waals surface area contributed by atoms with E-state index in [1.54, 1.807) is 0 Å². The van der Waals surface area contributed by atoms with Crippen LogP contribution in [0.15, 0.2) is 42.5 Å². The maximum absolute atomic E-state index is 6.04. The molecule has 0 bridgehead atoms. The SMILES string of the molecule is CNc1nc(-c2ccc(Cl)cc2)nc2cc(Cl)ccc12. The van der Waals surface area contributed by atoms with Gasteiger partial charge in [-0.1, -0.05) is 23.2 Å². The maximum Gasteiger partial charge on any atom is 0.162 e. The van der Waals surface area contributed by atoms with Crippen molar-refractivity contribution in [3.8, 4) is 11.4 Å². The number of benzene rings is 2. The molecule has 0 fully saturated rings. The lowest BCUT2D eigenvalue weighted by Crippen LogP contribution is -1.98. The molecule has 0 aliphatic carbocycles. The van der Waals surface area contributed by atoms with Gasteiger partial charge in [-0.3, -0.25) is 0 Å². The van der Waals surface area contributed by atoms with Gasteiger partial charge in [0, 0.05) is 28.0 Å². The lowest BCUT2D eigenvalue weighted by atomic mass is 10.2. The molecule has 1 N–H and O–H groups in total. The summed E-state index contributed by atoms with van der Waals surface area (Å²) in [4.78, 5) is 9.11. The third-order valence-corrected chi connectivity index (χ3v) is 3.49. The van der Waals surface area contributed by atoms with Gasteiger partial charge in [0.05, 0.1) is 5.52 Å². The highest BCUT2D eigenvalue weighted by Crippen LogP contribution is 2.27. The van der Waals surface area contributed by atoms with E-state index < -0.39 is 0 Å². The molecule has 1 aromatic heterocycles. The molecule has 3 rings (SSSR count). The van der Waals surface area contributed by atoms with Crippen LogP contribution in [0.5, 0.6) is 0 Å². The average Bonchev–Trinajstić information content (AvgIpc) is 2.46. The molecule has 1 heterocycles. The van der Waals surface area contributed by atoms with Gasteiger partial charge in [-0.2, -0.15) is 0 Å². The summed E-state index contributed by atoms with van der Waals surface area (Å²) in [5.41, 5.74) is 1.72. The highest BCUT2D eigenvalue weighted by atomic mass is 35.5. The predicted octanol–water partition coefficient (Wildman–Crippen LogP) is 4.65. The zero-order chi connectivity index (χ0) is 14.1. The number of rotatable bonds is 2. The van der Waals surface area contributed by atoms with E-state index in [0.29, 0.717) is 15.9 Å². The van der Waals surface area contributed by atoms with Gasteiger partial charge in [-0.05, 0) is 42.5 Å². The lowest BCUT2D eigenvalue weighted by Gasteiger charge is -2.08. The molecule has 3 nitrogen and oxygen atoms in total. The van der Waals surface area contributed by atoms with E-state index in [-0.39, 0.29) is 0 Å². The summed E-state index contributed by atoms with van der Waals surface area (Å²) < 4.78 is 0. The Balaban J connectivity index is 2.23. The Morgan fingerprint density at radius 1 is 0.900 bits per heavy atom. The zero-order valence-electron chi connectivity index (χ0n) is 10.7. The summed E-state index contributed by atoms with van der Waals surface area (Å²) in [6.07, 6.45) is 0. The lowest BCUT2D eigenvalue weighted by molar-refractivity contribution is 1.21. The molecule has 3 aromatic rings. The third kappa shape index (κ3) is 2.42. The molecule has 0 unspecified atom stereocenters.